The molecule has 0 unspecified atom stereocenters. The number of ketones is 1. The van der Waals surface area contributed by atoms with Crippen molar-refractivity contribution in [3.05, 3.63) is 35.2 Å². The van der Waals surface area contributed by atoms with Gasteiger partial charge < -0.3 is 24.8 Å². The molecule has 3 aliphatic heterocycles. The molecule has 41 heavy (non-hydrogen) atoms. The SMILES string of the molecule is C#C[C@@H]1CN(C(=O)[C@@H](NC(=O)c2ccc(-c3csc(N4CCN(C)CC4)n3)cc2)C2CCCCC2)[C@@H]2C(=O)CO[C@H]12. The Morgan fingerprint density at radius 3 is 2.56 bits per heavy atom. The zero-order chi connectivity index (χ0) is 28.5. The first-order valence-electron chi connectivity index (χ1n) is 14.6. The number of terminal acetylenes is 1. The first-order chi connectivity index (χ1) is 19.9. The van der Waals surface area contributed by atoms with E-state index in [0.717, 1.165) is 74.7 Å². The van der Waals surface area contributed by atoms with E-state index in [4.69, 9.17) is 16.1 Å². The molecule has 4 aliphatic rings. The van der Waals surface area contributed by atoms with Gasteiger partial charge in [0.25, 0.3) is 5.91 Å². The number of Topliss-reactive ketones (excluding diaryl/α,β-unsaturated/α-hetero) is 1. The van der Waals surface area contributed by atoms with Crippen molar-refractivity contribution >= 4 is 34.1 Å². The number of likely N-dealkylation sites (N-methyl/N-ethyl adjacent to an activating group) is 1. The van der Waals surface area contributed by atoms with Crippen LogP contribution in [-0.2, 0) is 14.3 Å². The molecule has 1 N–H and O–H groups in total. The molecule has 10 heteroatoms. The van der Waals surface area contributed by atoms with Gasteiger partial charge in [-0.3, -0.25) is 14.4 Å². The largest absolute Gasteiger partial charge is 0.366 e. The van der Waals surface area contributed by atoms with Crippen LogP contribution in [-0.4, -0.2) is 96.9 Å². The van der Waals surface area contributed by atoms with Crippen molar-refractivity contribution < 1.29 is 19.1 Å². The Kier molecular flexibility index (Phi) is 8.11. The molecular formula is C31H37N5O4S. The summed E-state index contributed by atoms with van der Waals surface area (Å²) in [5, 5.41) is 6.14. The number of fused-ring (bicyclic) bond motifs is 1. The van der Waals surface area contributed by atoms with Gasteiger partial charge in [0.1, 0.15) is 24.8 Å². The van der Waals surface area contributed by atoms with Gasteiger partial charge in [-0.15, -0.1) is 17.8 Å². The van der Waals surface area contributed by atoms with Crippen LogP contribution in [0.1, 0.15) is 42.5 Å². The minimum absolute atomic E-state index is 0.0169. The maximum absolute atomic E-state index is 14.0. The molecule has 3 saturated heterocycles. The maximum atomic E-state index is 14.0. The lowest BCUT2D eigenvalue weighted by atomic mass is 9.83. The second-order valence-electron chi connectivity index (χ2n) is 11.7. The predicted molar refractivity (Wildman–Crippen MR) is 158 cm³/mol. The fourth-order valence-corrected chi connectivity index (χ4v) is 7.50. The molecule has 6 rings (SSSR count). The number of nitrogens with zero attached hydrogens (tertiary/aromatic N) is 4. The predicted octanol–water partition coefficient (Wildman–Crippen LogP) is 2.67. The topological polar surface area (TPSA) is 95.1 Å². The van der Waals surface area contributed by atoms with Crippen molar-refractivity contribution in [2.75, 3.05) is 51.3 Å². The van der Waals surface area contributed by atoms with Gasteiger partial charge in [0.15, 0.2) is 10.9 Å². The molecule has 0 bridgehead atoms. The van der Waals surface area contributed by atoms with E-state index in [0.29, 0.717) is 5.56 Å². The molecule has 9 nitrogen and oxygen atoms in total. The Hall–Kier alpha value is -3.26. The lowest BCUT2D eigenvalue weighted by Crippen LogP contribution is -2.55. The van der Waals surface area contributed by atoms with Gasteiger partial charge in [-0.1, -0.05) is 37.3 Å². The monoisotopic (exact) mass is 575 g/mol. The molecule has 4 fully saturated rings. The minimum atomic E-state index is -0.710. The van der Waals surface area contributed by atoms with Gasteiger partial charge in [0, 0.05) is 49.2 Å². The summed E-state index contributed by atoms with van der Waals surface area (Å²) in [5.41, 5.74) is 2.32. The second kappa shape index (κ2) is 11.9. The summed E-state index contributed by atoms with van der Waals surface area (Å²) in [6.07, 6.45) is 10.1. The number of thiazole rings is 1. The van der Waals surface area contributed by atoms with E-state index in [2.05, 4.69) is 33.5 Å². The summed E-state index contributed by atoms with van der Waals surface area (Å²) in [4.78, 5) is 51.2. The van der Waals surface area contributed by atoms with Crippen molar-refractivity contribution in [2.45, 2.75) is 50.3 Å². The Labute approximate surface area is 245 Å². The summed E-state index contributed by atoms with van der Waals surface area (Å²) in [6.45, 7) is 4.22. The molecule has 2 aromatic rings. The molecule has 1 aromatic heterocycles. The fourth-order valence-electron chi connectivity index (χ4n) is 6.61. The average Bonchev–Trinajstić information content (AvgIpc) is 3.74. The van der Waals surface area contributed by atoms with E-state index in [-0.39, 0.29) is 42.6 Å². The first kappa shape index (κ1) is 27.9. The molecule has 0 radical (unpaired) electrons. The van der Waals surface area contributed by atoms with Gasteiger partial charge in [-0.2, -0.15) is 0 Å². The highest BCUT2D eigenvalue weighted by Gasteiger charge is 2.53. The molecule has 2 amide bonds. The highest BCUT2D eigenvalue weighted by atomic mass is 32.1. The molecule has 4 atom stereocenters. The Balaban J connectivity index is 1.17. The highest BCUT2D eigenvalue weighted by Crippen LogP contribution is 2.35. The molecule has 4 heterocycles. The van der Waals surface area contributed by atoms with E-state index in [1.807, 2.05) is 12.1 Å². The molecule has 1 aliphatic carbocycles. The maximum Gasteiger partial charge on any atom is 0.251 e. The number of hydrogen-bond donors (Lipinski definition) is 1. The summed E-state index contributed by atoms with van der Waals surface area (Å²) < 4.78 is 5.65. The fraction of sp³-hybridized carbons (Fsp3) is 0.548. The smallest absolute Gasteiger partial charge is 0.251 e. The van der Waals surface area contributed by atoms with E-state index >= 15 is 0 Å². The van der Waals surface area contributed by atoms with Crippen molar-refractivity contribution in [1.82, 2.24) is 20.1 Å². The molecule has 216 valence electrons. The number of carbonyl (C=O) groups is 3. The lowest BCUT2D eigenvalue weighted by molar-refractivity contribution is -0.139. The molecule has 1 aromatic carbocycles. The van der Waals surface area contributed by atoms with Gasteiger partial charge in [0.2, 0.25) is 5.91 Å². The quantitative estimate of drug-likeness (QED) is 0.530. The number of benzene rings is 1. The van der Waals surface area contributed by atoms with Crippen LogP contribution in [0.4, 0.5) is 5.13 Å². The summed E-state index contributed by atoms with van der Waals surface area (Å²) in [7, 11) is 2.14. The highest BCUT2D eigenvalue weighted by molar-refractivity contribution is 7.14. The molecule has 0 spiro atoms. The van der Waals surface area contributed by atoms with Crippen molar-refractivity contribution in [2.24, 2.45) is 11.8 Å². The number of carbonyl (C=O) groups excluding carboxylic acids is 3. The van der Waals surface area contributed by atoms with Crippen molar-refractivity contribution in [3.63, 3.8) is 0 Å². The van der Waals surface area contributed by atoms with Crippen LogP contribution in [0.2, 0.25) is 0 Å². The van der Waals surface area contributed by atoms with Gasteiger partial charge in [-0.25, -0.2) is 4.98 Å². The Morgan fingerprint density at radius 1 is 1.12 bits per heavy atom. The average molecular weight is 576 g/mol. The normalized spacial score (nSPS) is 26.0. The third-order valence-electron chi connectivity index (χ3n) is 9.06. The zero-order valence-corrected chi connectivity index (χ0v) is 24.3. The zero-order valence-electron chi connectivity index (χ0n) is 23.5. The van der Waals surface area contributed by atoms with Gasteiger partial charge in [-0.05, 0) is 37.9 Å². The lowest BCUT2D eigenvalue weighted by Gasteiger charge is -2.34. The van der Waals surface area contributed by atoms with Crippen LogP contribution in [0.5, 0.6) is 0 Å². The molecule has 1 saturated carbocycles. The summed E-state index contributed by atoms with van der Waals surface area (Å²) in [6, 6.07) is 6.02. The Morgan fingerprint density at radius 2 is 1.85 bits per heavy atom. The number of ether oxygens (including phenoxy) is 1. The standard InChI is InChI=1S/C31H37N5O4S/c1-3-20-17-36(27-25(37)18-40-28(20)27)30(39)26(22-7-5-4-6-8-22)33-29(38)23-11-9-21(10-12-23)24-19-41-31(32-24)35-15-13-34(2)14-16-35/h1,9-12,19-20,22,26-28H,4-8,13-18H2,2H3,(H,33,38)/t20-,26+,27-,28-/m1/s1. The number of nitrogens with one attached hydrogen (secondary N) is 1. The number of amides is 2. The van der Waals surface area contributed by atoms with Crippen LogP contribution in [0.25, 0.3) is 11.3 Å². The summed E-state index contributed by atoms with van der Waals surface area (Å²) >= 11 is 1.64. The Bertz CT molecular complexity index is 1320. The number of rotatable bonds is 6. The van der Waals surface area contributed by atoms with Gasteiger partial charge in [0.05, 0.1) is 11.6 Å². The van der Waals surface area contributed by atoms with E-state index in [1.54, 1.807) is 28.4 Å². The van der Waals surface area contributed by atoms with Crippen molar-refractivity contribution in [1.29, 1.82) is 0 Å². The minimum Gasteiger partial charge on any atom is -0.366 e. The number of piperazine rings is 1. The van der Waals surface area contributed by atoms with Crippen LogP contribution < -0.4 is 10.2 Å². The third kappa shape index (κ3) is 5.63. The number of anilines is 1. The number of hydrogen-bond acceptors (Lipinski definition) is 8. The number of aromatic nitrogens is 1. The van der Waals surface area contributed by atoms with Gasteiger partial charge >= 0.3 is 0 Å². The van der Waals surface area contributed by atoms with E-state index in [1.165, 1.54) is 0 Å². The van der Waals surface area contributed by atoms with Crippen LogP contribution in [0.15, 0.2) is 29.6 Å². The summed E-state index contributed by atoms with van der Waals surface area (Å²) in [5.74, 6) is 1.74. The second-order valence-corrected chi connectivity index (χ2v) is 12.5. The molecular weight excluding hydrogens is 538 g/mol. The van der Waals surface area contributed by atoms with Crippen LogP contribution in [0.3, 0.4) is 0 Å². The van der Waals surface area contributed by atoms with Crippen LogP contribution in [0, 0.1) is 24.2 Å². The van der Waals surface area contributed by atoms with Crippen LogP contribution >= 0.6 is 11.3 Å². The first-order valence-corrected chi connectivity index (χ1v) is 15.5. The van der Waals surface area contributed by atoms with E-state index in [9.17, 15) is 14.4 Å². The van der Waals surface area contributed by atoms with E-state index < -0.39 is 18.2 Å². The third-order valence-corrected chi connectivity index (χ3v) is 9.97. The number of likely N-dealkylation sites (tertiary alicyclic amines) is 1. The van der Waals surface area contributed by atoms with Crippen molar-refractivity contribution in [3.8, 4) is 23.6 Å².